The normalized spacial score (nSPS) is 10.9. The molecule has 3 nitrogen and oxygen atoms in total. The molecule has 0 fully saturated rings. The first-order valence-corrected chi connectivity index (χ1v) is 7.08. The third kappa shape index (κ3) is 5.07. The second kappa shape index (κ2) is 8.11. The highest BCUT2D eigenvalue weighted by Gasteiger charge is 2.03. The predicted molar refractivity (Wildman–Crippen MR) is 78.2 cm³/mol. The highest BCUT2D eigenvalue weighted by molar-refractivity contribution is 5.45. The lowest BCUT2D eigenvalue weighted by Gasteiger charge is -2.14. The summed E-state index contributed by atoms with van der Waals surface area (Å²) in [4.78, 5) is 3.83. The van der Waals surface area contributed by atoms with Crippen molar-refractivity contribution in [2.24, 2.45) is 0 Å². The van der Waals surface area contributed by atoms with Crippen LogP contribution in [-0.4, -0.2) is 40.3 Å². The molecule has 0 radical (unpaired) electrons. The number of hydrogen-bond acceptors (Lipinski definition) is 1. The fourth-order valence-corrected chi connectivity index (χ4v) is 2.11. The van der Waals surface area contributed by atoms with Gasteiger partial charge >= 0.3 is 0 Å². The van der Waals surface area contributed by atoms with E-state index in [1.54, 1.807) is 4.90 Å². The van der Waals surface area contributed by atoms with Crippen LogP contribution in [0.5, 0.6) is 0 Å². The Kier molecular flexibility index (Phi) is 6.76. The second-order valence-electron chi connectivity index (χ2n) is 5.05. The lowest BCUT2D eigenvalue weighted by molar-refractivity contribution is -0.910. The summed E-state index contributed by atoms with van der Waals surface area (Å²) in [7, 11) is 4.15. The van der Waals surface area contributed by atoms with Crippen LogP contribution in [0.1, 0.15) is 19.4 Å². The van der Waals surface area contributed by atoms with E-state index in [0.717, 1.165) is 6.54 Å². The number of rotatable bonds is 8. The standard InChI is InChI=1S/C15H27N3/c1-5-18(6-2)12-11-16-13-14-7-9-15(10-8-14)17(3)4/h7-10,16H,5-6,11-13H2,1-4H3/p+2. The Labute approximate surface area is 112 Å². The first-order valence-electron chi connectivity index (χ1n) is 7.08. The molecule has 0 heterocycles. The SMILES string of the molecule is CC[NH+](CC)CC[NH2+]Cc1ccc(N(C)C)cc1. The van der Waals surface area contributed by atoms with E-state index in [9.17, 15) is 0 Å². The summed E-state index contributed by atoms with van der Waals surface area (Å²) in [5.41, 5.74) is 2.68. The molecule has 0 aliphatic heterocycles. The lowest BCUT2D eigenvalue weighted by atomic mass is 10.2. The molecular formula is C15H29N3+2. The van der Waals surface area contributed by atoms with Crippen molar-refractivity contribution in [2.75, 3.05) is 45.2 Å². The Morgan fingerprint density at radius 1 is 1.06 bits per heavy atom. The van der Waals surface area contributed by atoms with Gasteiger partial charge in [0.05, 0.1) is 13.1 Å². The minimum absolute atomic E-state index is 1.09. The van der Waals surface area contributed by atoms with Gasteiger partial charge in [0.1, 0.15) is 19.6 Å². The fraction of sp³-hybridized carbons (Fsp3) is 0.600. The van der Waals surface area contributed by atoms with Gasteiger partial charge in [-0.15, -0.1) is 0 Å². The molecule has 1 aromatic rings. The Morgan fingerprint density at radius 3 is 2.17 bits per heavy atom. The molecule has 1 rings (SSSR count). The van der Waals surface area contributed by atoms with E-state index in [2.05, 4.69) is 62.4 Å². The summed E-state index contributed by atoms with van der Waals surface area (Å²) in [6, 6.07) is 8.85. The number of quaternary nitrogens is 2. The van der Waals surface area contributed by atoms with Crippen molar-refractivity contribution in [1.82, 2.24) is 0 Å². The average Bonchev–Trinajstić information content (AvgIpc) is 2.39. The molecular weight excluding hydrogens is 222 g/mol. The van der Waals surface area contributed by atoms with Crippen molar-refractivity contribution in [2.45, 2.75) is 20.4 Å². The zero-order chi connectivity index (χ0) is 13.4. The van der Waals surface area contributed by atoms with Crippen molar-refractivity contribution in [3.05, 3.63) is 29.8 Å². The zero-order valence-corrected chi connectivity index (χ0v) is 12.4. The van der Waals surface area contributed by atoms with Crippen LogP contribution in [0.15, 0.2) is 24.3 Å². The molecule has 0 aromatic heterocycles. The van der Waals surface area contributed by atoms with Crippen LogP contribution in [0.2, 0.25) is 0 Å². The minimum atomic E-state index is 1.09. The van der Waals surface area contributed by atoms with Gasteiger partial charge in [-0.05, 0) is 26.0 Å². The first-order chi connectivity index (χ1) is 8.67. The Balaban J connectivity index is 2.27. The van der Waals surface area contributed by atoms with E-state index in [-0.39, 0.29) is 0 Å². The lowest BCUT2D eigenvalue weighted by Crippen LogP contribution is -3.14. The van der Waals surface area contributed by atoms with Gasteiger partial charge in [-0.2, -0.15) is 0 Å². The molecule has 0 saturated carbocycles. The smallest absolute Gasteiger partial charge is 0.127 e. The molecule has 0 spiro atoms. The van der Waals surface area contributed by atoms with Gasteiger partial charge in [0.2, 0.25) is 0 Å². The molecule has 0 atom stereocenters. The molecule has 0 unspecified atom stereocenters. The van der Waals surface area contributed by atoms with Crippen molar-refractivity contribution in [1.29, 1.82) is 0 Å². The minimum Gasteiger partial charge on any atom is -0.378 e. The van der Waals surface area contributed by atoms with Gasteiger partial charge in [0.25, 0.3) is 0 Å². The summed E-state index contributed by atoms with van der Waals surface area (Å²) in [6.07, 6.45) is 0. The van der Waals surface area contributed by atoms with Crippen LogP contribution in [0.4, 0.5) is 5.69 Å². The maximum atomic E-state index is 2.41. The largest absolute Gasteiger partial charge is 0.378 e. The molecule has 0 aliphatic rings. The van der Waals surface area contributed by atoms with E-state index >= 15 is 0 Å². The molecule has 18 heavy (non-hydrogen) atoms. The monoisotopic (exact) mass is 251 g/mol. The quantitative estimate of drug-likeness (QED) is 0.611. The van der Waals surface area contributed by atoms with E-state index in [1.807, 2.05) is 0 Å². The van der Waals surface area contributed by atoms with E-state index in [4.69, 9.17) is 0 Å². The molecule has 3 N–H and O–H groups in total. The van der Waals surface area contributed by atoms with Crippen LogP contribution < -0.4 is 15.1 Å². The van der Waals surface area contributed by atoms with Gasteiger partial charge in [-0.3, -0.25) is 0 Å². The predicted octanol–water partition coefficient (Wildman–Crippen LogP) is -0.259. The number of anilines is 1. The number of benzene rings is 1. The zero-order valence-electron chi connectivity index (χ0n) is 12.4. The van der Waals surface area contributed by atoms with Crippen molar-refractivity contribution >= 4 is 5.69 Å². The summed E-state index contributed by atoms with van der Waals surface area (Å²) >= 11 is 0. The van der Waals surface area contributed by atoms with Crippen LogP contribution in [-0.2, 0) is 6.54 Å². The van der Waals surface area contributed by atoms with E-state index < -0.39 is 0 Å². The van der Waals surface area contributed by atoms with Crippen LogP contribution >= 0.6 is 0 Å². The summed E-state index contributed by atoms with van der Waals surface area (Å²) in [6.45, 7) is 10.6. The van der Waals surface area contributed by atoms with Gasteiger partial charge in [-0.1, -0.05) is 12.1 Å². The summed E-state index contributed by atoms with van der Waals surface area (Å²) in [5, 5.41) is 2.41. The maximum Gasteiger partial charge on any atom is 0.127 e. The second-order valence-corrected chi connectivity index (χ2v) is 5.05. The molecule has 0 bridgehead atoms. The highest BCUT2D eigenvalue weighted by Crippen LogP contribution is 2.11. The third-order valence-corrected chi connectivity index (χ3v) is 3.53. The van der Waals surface area contributed by atoms with Crippen molar-refractivity contribution < 1.29 is 10.2 Å². The highest BCUT2D eigenvalue weighted by atomic mass is 15.1. The maximum absolute atomic E-state index is 2.41. The molecule has 0 saturated heterocycles. The Morgan fingerprint density at radius 2 is 1.67 bits per heavy atom. The first kappa shape index (κ1) is 15.0. The Bertz CT molecular complexity index is 315. The summed E-state index contributed by atoms with van der Waals surface area (Å²) in [5.74, 6) is 0. The average molecular weight is 251 g/mol. The van der Waals surface area contributed by atoms with E-state index in [0.29, 0.717) is 0 Å². The molecule has 1 aromatic carbocycles. The molecule has 3 heteroatoms. The number of nitrogens with one attached hydrogen (secondary N) is 1. The number of hydrogen-bond donors (Lipinski definition) is 2. The molecule has 102 valence electrons. The van der Waals surface area contributed by atoms with Gasteiger partial charge in [0, 0.05) is 25.3 Å². The molecule has 0 aliphatic carbocycles. The van der Waals surface area contributed by atoms with Crippen molar-refractivity contribution in [3.63, 3.8) is 0 Å². The summed E-state index contributed by atoms with van der Waals surface area (Å²) < 4.78 is 0. The number of nitrogens with zero attached hydrogens (tertiary/aromatic N) is 1. The van der Waals surface area contributed by atoms with Crippen LogP contribution in [0.25, 0.3) is 0 Å². The van der Waals surface area contributed by atoms with Gasteiger partial charge < -0.3 is 15.1 Å². The number of nitrogens with two attached hydrogens (primary N) is 1. The van der Waals surface area contributed by atoms with Crippen LogP contribution in [0, 0.1) is 0 Å². The van der Waals surface area contributed by atoms with E-state index in [1.165, 1.54) is 37.4 Å². The Hall–Kier alpha value is -1.06. The van der Waals surface area contributed by atoms with Gasteiger partial charge in [-0.25, -0.2) is 0 Å². The van der Waals surface area contributed by atoms with Crippen molar-refractivity contribution in [3.8, 4) is 0 Å². The number of likely N-dealkylation sites (N-methyl/N-ethyl adjacent to an activating group) is 1. The molecule has 0 amide bonds. The third-order valence-electron chi connectivity index (χ3n) is 3.53. The van der Waals surface area contributed by atoms with Gasteiger partial charge in [0.15, 0.2) is 0 Å². The fourth-order valence-electron chi connectivity index (χ4n) is 2.11. The van der Waals surface area contributed by atoms with Crippen LogP contribution in [0.3, 0.4) is 0 Å². The topological polar surface area (TPSA) is 24.3 Å².